The average molecular weight is 597 g/mol. The highest BCUT2D eigenvalue weighted by Crippen LogP contribution is 2.40. The molecule has 2 aromatic carbocycles. The second-order valence-corrected chi connectivity index (χ2v) is 9.60. The molecule has 1 saturated heterocycles. The number of rotatable bonds is 5. The van der Waals surface area contributed by atoms with Crippen LogP contribution in [0.5, 0.6) is 0 Å². The topological polar surface area (TPSA) is 88.1 Å². The van der Waals surface area contributed by atoms with Gasteiger partial charge in [-0.25, -0.2) is 4.79 Å². The van der Waals surface area contributed by atoms with E-state index in [1.165, 1.54) is 0 Å². The van der Waals surface area contributed by atoms with Crippen LogP contribution in [0.4, 0.5) is 26.3 Å². The number of nitrogens with one attached hydrogen (secondary N) is 1. The number of amides is 1. The molecule has 0 bridgehead atoms. The highest BCUT2D eigenvalue weighted by molar-refractivity contribution is 6.31. The van der Waals surface area contributed by atoms with Gasteiger partial charge < -0.3 is 24.8 Å². The summed E-state index contributed by atoms with van der Waals surface area (Å²) < 4.78 is 82.9. The minimum Gasteiger partial charge on any atom is -0.475 e. The van der Waals surface area contributed by atoms with Crippen LogP contribution in [0.25, 0.3) is 0 Å². The SMILES string of the molecule is C[C@H]1c2c(Cl)cc(C(F)(F)F)cc2CCN1C(=O)[C@H]1CNC[C@@H](COCc2ccccc2)O1.O=C(O)C(F)(F)F. The van der Waals surface area contributed by atoms with E-state index in [0.717, 1.165) is 17.7 Å². The molecule has 0 aliphatic carbocycles. The molecule has 14 heteroatoms. The van der Waals surface area contributed by atoms with Crippen LogP contribution in [0.15, 0.2) is 42.5 Å². The first kappa shape index (κ1) is 31.7. The Hall–Kier alpha value is -2.87. The molecular weight excluding hydrogens is 570 g/mol. The van der Waals surface area contributed by atoms with E-state index >= 15 is 0 Å². The van der Waals surface area contributed by atoms with Crippen LogP contribution in [0.3, 0.4) is 0 Å². The molecule has 0 spiro atoms. The highest BCUT2D eigenvalue weighted by atomic mass is 35.5. The summed E-state index contributed by atoms with van der Waals surface area (Å²) in [5, 5.41) is 10.4. The summed E-state index contributed by atoms with van der Waals surface area (Å²) in [7, 11) is 0. The molecular formula is C26H27ClF6N2O5. The number of carbonyl (C=O) groups excluding carboxylic acids is 1. The normalized spacial score (nSPS) is 21.2. The molecule has 0 aromatic heterocycles. The lowest BCUT2D eigenvalue weighted by molar-refractivity contribution is -0.192. The number of morpholine rings is 1. The third-order valence-electron chi connectivity index (χ3n) is 6.32. The number of carbonyl (C=O) groups is 2. The molecule has 1 fully saturated rings. The standard InChI is InChI=1S/C24H26ClF3N2O3.C2HF3O2/c1-15-22-17(9-18(10-20(22)25)24(26,27)28)7-8-30(15)23(31)21-12-29-11-19(33-21)14-32-13-16-5-3-2-4-6-16;3-2(4,5)1(6)7/h2-6,9-10,15,19,21,29H,7-8,11-14H2,1H3;(H,6,7)/t15-,19-,21+;/m0./s1. The van der Waals surface area contributed by atoms with Crippen LogP contribution in [-0.4, -0.2) is 66.5 Å². The smallest absolute Gasteiger partial charge is 0.475 e. The van der Waals surface area contributed by atoms with Crippen molar-refractivity contribution in [2.45, 2.75) is 50.6 Å². The molecule has 2 N–H and O–H groups in total. The van der Waals surface area contributed by atoms with E-state index in [0.29, 0.717) is 50.4 Å². The van der Waals surface area contributed by atoms with E-state index in [1.54, 1.807) is 11.8 Å². The third kappa shape index (κ3) is 8.32. The largest absolute Gasteiger partial charge is 0.490 e. The van der Waals surface area contributed by atoms with Crippen molar-refractivity contribution in [1.29, 1.82) is 0 Å². The van der Waals surface area contributed by atoms with Crippen LogP contribution in [-0.2, 0) is 38.3 Å². The zero-order valence-electron chi connectivity index (χ0n) is 21.2. The molecule has 0 unspecified atom stereocenters. The summed E-state index contributed by atoms with van der Waals surface area (Å²) in [5.74, 6) is -2.96. The van der Waals surface area contributed by atoms with Gasteiger partial charge in [0.15, 0.2) is 0 Å². The fourth-order valence-corrected chi connectivity index (χ4v) is 4.82. The number of alkyl halides is 6. The van der Waals surface area contributed by atoms with Crippen LogP contribution < -0.4 is 5.32 Å². The van der Waals surface area contributed by atoms with Gasteiger partial charge in [-0.3, -0.25) is 4.79 Å². The number of carboxylic acid groups (broad SMARTS) is 1. The Morgan fingerprint density at radius 3 is 2.38 bits per heavy atom. The lowest BCUT2D eigenvalue weighted by Gasteiger charge is -2.40. The van der Waals surface area contributed by atoms with E-state index < -0.39 is 36.0 Å². The number of fused-ring (bicyclic) bond motifs is 1. The molecule has 1 amide bonds. The maximum absolute atomic E-state index is 13.2. The monoisotopic (exact) mass is 596 g/mol. The van der Waals surface area contributed by atoms with Crippen molar-refractivity contribution in [2.75, 3.05) is 26.2 Å². The van der Waals surface area contributed by atoms with Gasteiger partial charge in [-0.15, -0.1) is 0 Å². The van der Waals surface area contributed by atoms with Crippen molar-refractivity contribution in [3.05, 3.63) is 69.7 Å². The minimum atomic E-state index is -5.08. The number of hydrogen-bond donors (Lipinski definition) is 2. The second-order valence-electron chi connectivity index (χ2n) is 9.19. The number of benzene rings is 2. The lowest BCUT2D eigenvalue weighted by atomic mass is 9.91. The number of aliphatic carboxylic acids is 1. The number of carboxylic acids is 1. The van der Waals surface area contributed by atoms with Crippen molar-refractivity contribution >= 4 is 23.5 Å². The molecule has 2 aliphatic rings. The summed E-state index contributed by atoms with van der Waals surface area (Å²) in [6, 6.07) is 11.4. The Morgan fingerprint density at radius 2 is 1.77 bits per heavy atom. The number of halogens is 7. The quantitative estimate of drug-likeness (QED) is 0.472. The van der Waals surface area contributed by atoms with E-state index in [1.807, 2.05) is 30.3 Å². The Balaban J connectivity index is 0.000000559. The van der Waals surface area contributed by atoms with Gasteiger partial charge in [0.25, 0.3) is 5.91 Å². The Labute approximate surface area is 231 Å². The van der Waals surface area contributed by atoms with Gasteiger partial charge in [0, 0.05) is 24.7 Å². The Kier molecular flexibility index (Phi) is 10.4. The molecule has 3 atom stereocenters. The zero-order chi connectivity index (χ0) is 29.7. The van der Waals surface area contributed by atoms with Gasteiger partial charge in [0.1, 0.15) is 6.10 Å². The summed E-state index contributed by atoms with van der Waals surface area (Å²) in [5.41, 5.74) is 1.38. The van der Waals surface area contributed by atoms with Crippen LogP contribution >= 0.6 is 11.6 Å². The zero-order valence-corrected chi connectivity index (χ0v) is 21.9. The molecule has 0 radical (unpaired) electrons. The predicted octanol–water partition coefficient (Wildman–Crippen LogP) is 5.01. The van der Waals surface area contributed by atoms with Crippen molar-refractivity contribution < 1.29 is 50.5 Å². The van der Waals surface area contributed by atoms with Crippen LogP contribution in [0.1, 0.15) is 35.2 Å². The van der Waals surface area contributed by atoms with Gasteiger partial charge in [-0.1, -0.05) is 41.9 Å². The van der Waals surface area contributed by atoms with E-state index in [4.69, 9.17) is 31.0 Å². The van der Waals surface area contributed by atoms with Crippen molar-refractivity contribution in [3.8, 4) is 0 Å². The van der Waals surface area contributed by atoms with Gasteiger partial charge in [0.2, 0.25) is 0 Å². The first-order chi connectivity index (χ1) is 18.7. The predicted molar refractivity (Wildman–Crippen MR) is 132 cm³/mol. The first-order valence-electron chi connectivity index (χ1n) is 12.2. The van der Waals surface area contributed by atoms with Crippen molar-refractivity contribution in [2.24, 2.45) is 0 Å². The van der Waals surface area contributed by atoms with E-state index in [9.17, 15) is 31.1 Å². The van der Waals surface area contributed by atoms with E-state index in [-0.39, 0.29) is 17.0 Å². The van der Waals surface area contributed by atoms with Gasteiger partial charge in [-0.2, -0.15) is 26.3 Å². The summed E-state index contributed by atoms with van der Waals surface area (Å²) >= 11 is 6.24. The Morgan fingerprint density at radius 1 is 1.12 bits per heavy atom. The van der Waals surface area contributed by atoms with E-state index in [2.05, 4.69) is 5.32 Å². The molecule has 0 saturated carbocycles. The second kappa shape index (κ2) is 13.2. The fraction of sp³-hybridized carbons (Fsp3) is 0.462. The number of ether oxygens (including phenoxy) is 2. The molecule has 2 aliphatic heterocycles. The lowest BCUT2D eigenvalue weighted by Crippen LogP contribution is -2.55. The molecule has 220 valence electrons. The molecule has 2 heterocycles. The molecule has 4 rings (SSSR count). The number of hydrogen-bond acceptors (Lipinski definition) is 5. The molecule has 40 heavy (non-hydrogen) atoms. The third-order valence-corrected chi connectivity index (χ3v) is 6.64. The summed E-state index contributed by atoms with van der Waals surface area (Å²) in [6.07, 6.45) is -10.2. The first-order valence-corrected chi connectivity index (χ1v) is 12.5. The molecule has 7 nitrogen and oxygen atoms in total. The summed E-state index contributed by atoms with van der Waals surface area (Å²) in [6.45, 7) is 3.83. The van der Waals surface area contributed by atoms with Crippen LogP contribution in [0.2, 0.25) is 5.02 Å². The summed E-state index contributed by atoms with van der Waals surface area (Å²) in [4.78, 5) is 23.8. The molecule has 2 aromatic rings. The average Bonchev–Trinajstić information content (AvgIpc) is 2.88. The fourth-order valence-electron chi connectivity index (χ4n) is 4.42. The van der Waals surface area contributed by atoms with Gasteiger partial charge in [-0.05, 0) is 42.2 Å². The number of nitrogens with zero attached hydrogens (tertiary/aromatic N) is 1. The maximum Gasteiger partial charge on any atom is 0.490 e. The van der Waals surface area contributed by atoms with Gasteiger partial charge in [0.05, 0.1) is 30.9 Å². The van der Waals surface area contributed by atoms with Crippen molar-refractivity contribution in [3.63, 3.8) is 0 Å². The Bertz CT molecular complexity index is 1180. The maximum atomic E-state index is 13.2. The van der Waals surface area contributed by atoms with Gasteiger partial charge >= 0.3 is 18.3 Å². The minimum absolute atomic E-state index is 0.0275. The highest BCUT2D eigenvalue weighted by Gasteiger charge is 2.39. The van der Waals surface area contributed by atoms with Crippen molar-refractivity contribution in [1.82, 2.24) is 10.2 Å². The van der Waals surface area contributed by atoms with Crippen LogP contribution in [0, 0.1) is 0 Å².